The minimum atomic E-state index is -1.28. The van der Waals surface area contributed by atoms with Crippen molar-refractivity contribution in [2.24, 2.45) is 5.92 Å². The normalized spacial score (nSPS) is 21.2. The Morgan fingerprint density at radius 3 is 2.58 bits per heavy atom. The zero-order valence-corrected chi connectivity index (χ0v) is 30.1. The van der Waals surface area contributed by atoms with E-state index >= 15 is 0 Å². The summed E-state index contributed by atoms with van der Waals surface area (Å²) in [7, 11) is 0. The molecule has 4 atom stereocenters. The number of phenolic OH excluding ortho intramolecular Hbond substituents is 1. The average Bonchev–Trinajstić information content (AvgIpc) is 3.11. The molecular formula is C41H48N2O9. The van der Waals surface area contributed by atoms with Crippen LogP contribution < -0.4 is 14.8 Å². The fraction of sp³-hybridized carbons (Fsp3) is 0.415. The number of aliphatic carboxylic acids is 1. The molecule has 5 rings (SSSR count). The summed E-state index contributed by atoms with van der Waals surface area (Å²) in [6, 6.07) is 11.0. The summed E-state index contributed by atoms with van der Waals surface area (Å²) in [6.07, 6.45) is 10.4. The van der Waals surface area contributed by atoms with Crippen LogP contribution in [0.15, 0.2) is 89.7 Å². The molecule has 1 fully saturated rings. The van der Waals surface area contributed by atoms with Gasteiger partial charge in [-0.2, -0.15) is 0 Å². The SMILES string of the molecule is C=C(C)[C@@H]1CCC(C)=C[C@H]1c1c(O)cc(CCCCC)cc1OC(=O)OC/C=C/C1=C(C(=O)O)N2C(=O)[C@@H](NC(=O)COc3ccccc3)[C@H]2CC1. The summed E-state index contributed by atoms with van der Waals surface area (Å²) >= 11 is 0. The summed E-state index contributed by atoms with van der Waals surface area (Å²) in [4.78, 5) is 52.0. The van der Waals surface area contributed by atoms with E-state index in [1.807, 2.05) is 19.9 Å². The van der Waals surface area contributed by atoms with Crippen LogP contribution >= 0.6 is 0 Å². The van der Waals surface area contributed by atoms with Crippen molar-refractivity contribution >= 4 is 23.9 Å². The zero-order valence-electron chi connectivity index (χ0n) is 30.1. The van der Waals surface area contributed by atoms with Crippen molar-refractivity contribution in [1.82, 2.24) is 10.2 Å². The molecule has 0 radical (unpaired) electrons. The van der Waals surface area contributed by atoms with Crippen LogP contribution in [0.2, 0.25) is 0 Å². The predicted octanol–water partition coefficient (Wildman–Crippen LogP) is 7.12. The minimum Gasteiger partial charge on any atom is -0.507 e. The maximum Gasteiger partial charge on any atom is 0.514 e. The number of allylic oxidation sites excluding steroid dienone is 5. The summed E-state index contributed by atoms with van der Waals surface area (Å²) in [5.74, 6) is -1.63. The molecule has 3 N–H and O–H groups in total. The Hall–Kier alpha value is -5.32. The molecule has 0 bridgehead atoms. The maximum absolute atomic E-state index is 13.0. The van der Waals surface area contributed by atoms with Gasteiger partial charge in [0.15, 0.2) is 6.61 Å². The molecule has 2 heterocycles. The molecule has 11 heteroatoms. The standard InChI is InChI=1S/C41H48N2O9/c1-5-6-8-12-27-22-33(44)36(31-21-26(4)16-18-30(31)25(2)3)34(23-27)52-41(49)50-20-11-13-28-17-19-32-37(39(46)43(32)38(28)40(47)48)42-35(45)24-51-29-14-9-7-10-15-29/h7,9-11,13-15,21-23,30-32,37,44H,2,5-6,8,12,16-20,24H2,1,3-4H3,(H,42,45)(H,47,48)/b13-11+/t30-,31+,32+,37-/m0/s1. The number of benzene rings is 2. The lowest BCUT2D eigenvalue weighted by Crippen LogP contribution is -2.71. The van der Waals surface area contributed by atoms with Crippen molar-refractivity contribution in [1.29, 1.82) is 0 Å². The van der Waals surface area contributed by atoms with E-state index in [1.54, 1.807) is 36.4 Å². The molecule has 0 spiro atoms. The van der Waals surface area contributed by atoms with Gasteiger partial charge < -0.3 is 29.7 Å². The van der Waals surface area contributed by atoms with Crippen LogP contribution in [0.4, 0.5) is 4.79 Å². The lowest BCUT2D eigenvalue weighted by Gasteiger charge is -2.50. The Morgan fingerprint density at radius 1 is 1.10 bits per heavy atom. The number of β-lactam (4-membered cyclic amide) rings is 1. The Labute approximate surface area is 304 Å². The quantitative estimate of drug-likeness (QED) is 0.0576. The summed E-state index contributed by atoms with van der Waals surface area (Å²) in [5.41, 5.74) is 3.76. The molecule has 0 aromatic heterocycles. The van der Waals surface area contributed by atoms with E-state index in [9.17, 15) is 29.4 Å². The number of aromatic hydroxyl groups is 1. The number of rotatable bonds is 15. The van der Waals surface area contributed by atoms with Crippen molar-refractivity contribution in [3.05, 3.63) is 101 Å². The van der Waals surface area contributed by atoms with E-state index < -0.39 is 36.0 Å². The first-order valence-corrected chi connectivity index (χ1v) is 17.9. The number of hydrogen-bond donors (Lipinski definition) is 3. The van der Waals surface area contributed by atoms with Crippen LogP contribution in [0, 0.1) is 5.92 Å². The molecule has 2 aliphatic heterocycles. The van der Waals surface area contributed by atoms with E-state index in [0.717, 1.165) is 49.7 Å². The van der Waals surface area contributed by atoms with Crippen LogP contribution in [-0.2, 0) is 25.5 Å². The number of nitrogens with zero attached hydrogens (tertiary/aromatic N) is 1. The third-order valence-corrected chi connectivity index (χ3v) is 9.88. The highest BCUT2D eigenvalue weighted by molar-refractivity contribution is 6.02. The first-order chi connectivity index (χ1) is 25.0. The first-order valence-electron chi connectivity index (χ1n) is 17.9. The van der Waals surface area contributed by atoms with Crippen molar-refractivity contribution in [2.45, 2.75) is 90.1 Å². The number of ether oxygens (including phenoxy) is 3. The summed E-state index contributed by atoms with van der Waals surface area (Å²) < 4.78 is 16.6. The van der Waals surface area contributed by atoms with Gasteiger partial charge in [0.05, 0.1) is 6.04 Å². The van der Waals surface area contributed by atoms with Gasteiger partial charge in [-0.1, -0.05) is 67.8 Å². The van der Waals surface area contributed by atoms with Gasteiger partial charge in [-0.3, -0.25) is 14.5 Å². The molecule has 0 saturated carbocycles. The van der Waals surface area contributed by atoms with Crippen LogP contribution in [0.25, 0.3) is 0 Å². The van der Waals surface area contributed by atoms with Gasteiger partial charge >= 0.3 is 12.1 Å². The van der Waals surface area contributed by atoms with Gasteiger partial charge in [0.25, 0.3) is 11.8 Å². The fourth-order valence-electron chi connectivity index (χ4n) is 7.28. The molecule has 2 aromatic rings. The lowest BCUT2D eigenvalue weighted by atomic mass is 9.73. The smallest absolute Gasteiger partial charge is 0.507 e. The van der Waals surface area contributed by atoms with Crippen molar-refractivity contribution in [3.8, 4) is 17.2 Å². The number of carboxylic acids is 1. The summed E-state index contributed by atoms with van der Waals surface area (Å²) in [6.45, 7) is 9.82. The molecule has 0 unspecified atom stereocenters. The van der Waals surface area contributed by atoms with Gasteiger partial charge in [-0.25, -0.2) is 9.59 Å². The average molecular weight is 713 g/mol. The number of carbonyl (C=O) groups excluding carboxylic acids is 3. The Balaban J connectivity index is 1.24. The highest BCUT2D eigenvalue weighted by atomic mass is 16.7. The number of unbranched alkanes of at least 4 members (excludes halogenated alkanes) is 2. The van der Waals surface area contributed by atoms with E-state index in [4.69, 9.17) is 14.2 Å². The van der Waals surface area contributed by atoms with E-state index in [2.05, 4.69) is 24.9 Å². The van der Waals surface area contributed by atoms with Gasteiger partial charge in [0.1, 0.15) is 35.6 Å². The molecule has 11 nitrogen and oxygen atoms in total. The molecule has 276 valence electrons. The van der Waals surface area contributed by atoms with Gasteiger partial charge in [0.2, 0.25) is 0 Å². The van der Waals surface area contributed by atoms with Crippen LogP contribution in [0.5, 0.6) is 17.2 Å². The highest BCUT2D eigenvalue weighted by Gasteiger charge is 2.53. The molecule has 1 aliphatic carbocycles. The van der Waals surface area contributed by atoms with Crippen molar-refractivity contribution in [2.75, 3.05) is 13.2 Å². The number of carbonyl (C=O) groups is 4. The molecular weight excluding hydrogens is 664 g/mol. The number of amides is 2. The molecule has 1 saturated heterocycles. The number of aryl methyl sites for hydroxylation is 1. The molecule has 2 aromatic carbocycles. The number of phenols is 1. The van der Waals surface area contributed by atoms with E-state index in [0.29, 0.717) is 29.7 Å². The second-order valence-electron chi connectivity index (χ2n) is 13.7. The second-order valence-corrected chi connectivity index (χ2v) is 13.7. The maximum atomic E-state index is 13.0. The van der Waals surface area contributed by atoms with Crippen LogP contribution in [-0.4, -0.2) is 64.3 Å². The Kier molecular flexibility index (Phi) is 12.6. The first kappa shape index (κ1) is 37.9. The van der Waals surface area contributed by atoms with Gasteiger partial charge in [-0.15, -0.1) is 0 Å². The number of carboxylic acid groups (broad SMARTS) is 1. The predicted molar refractivity (Wildman–Crippen MR) is 195 cm³/mol. The van der Waals surface area contributed by atoms with Crippen LogP contribution in [0.1, 0.15) is 82.8 Å². The second kappa shape index (κ2) is 17.3. The monoisotopic (exact) mass is 712 g/mol. The number of para-hydroxylation sites is 1. The largest absolute Gasteiger partial charge is 0.514 e. The molecule has 2 amide bonds. The Morgan fingerprint density at radius 2 is 1.87 bits per heavy atom. The number of fused-ring (bicyclic) bond motifs is 1. The fourth-order valence-corrected chi connectivity index (χ4v) is 7.28. The number of nitrogens with one attached hydrogen (secondary N) is 1. The van der Waals surface area contributed by atoms with Crippen molar-refractivity contribution in [3.63, 3.8) is 0 Å². The third-order valence-electron chi connectivity index (χ3n) is 9.88. The molecule has 3 aliphatic rings. The zero-order chi connectivity index (χ0) is 37.4. The minimum absolute atomic E-state index is 0.0606. The number of hydrogen-bond acceptors (Lipinski definition) is 8. The highest BCUT2D eigenvalue weighted by Crippen LogP contribution is 2.47. The van der Waals surface area contributed by atoms with E-state index in [1.165, 1.54) is 22.6 Å². The topological polar surface area (TPSA) is 152 Å². The Bertz CT molecular complexity index is 1780. The van der Waals surface area contributed by atoms with Crippen molar-refractivity contribution < 1.29 is 43.6 Å². The summed E-state index contributed by atoms with van der Waals surface area (Å²) in [5, 5.41) is 24.0. The molecule has 52 heavy (non-hydrogen) atoms. The van der Waals surface area contributed by atoms with E-state index in [-0.39, 0.29) is 42.2 Å². The third kappa shape index (κ3) is 8.93. The van der Waals surface area contributed by atoms with Crippen LogP contribution in [0.3, 0.4) is 0 Å². The lowest BCUT2D eigenvalue weighted by molar-refractivity contribution is -0.156. The van der Waals surface area contributed by atoms with Gasteiger partial charge in [0, 0.05) is 11.5 Å². The van der Waals surface area contributed by atoms with Gasteiger partial charge in [-0.05, 0) is 99.8 Å².